The van der Waals surface area contributed by atoms with Crippen molar-refractivity contribution in [3.05, 3.63) is 77.2 Å². The molecule has 0 unspecified atom stereocenters. The smallest absolute Gasteiger partial charge is 0.283 e. The quantitative estimate of drug-likeness (QED) is 0.651. The number of fused-ring (bicyclic) bond motifs is 1. The first-order chi connectivity index (χ1) is 13.9. The summed E-state index contributed by atoms with van der Waals surface area (Å²) in [6, 6.07) is 14.7. The Bertz CT molecular complexity index is 1160. The van der Waals surface area contributed by atoms with E-state index in [4.69, 9.17) is 11.6 Å². The Labute approximate surface area is 174 Å². The molecule has 9 heteroatoms. The van der Waals surface area contributed by atoms with Crippen LogP contribution in [0.4, 0.5) is 5.69 Å². The minimum Gasteiger partial charge on any atom is -0.350 e. The predicted octanol–water partition coefficient (Wildman–Crippen LogP) is 2.60. The minimum absolute atomic E-state index is 0.0381. The average molecular weight is 431 g/mol. The van der Waals surface area contributed by atoms with E-state index in [0.717, 1.165) is 11.1 Å². The first-order valence-corrected chi connectivity index (χ1v) is 10.9. The molecule has 0 bridgehead atoms. The van der Waals surface area contributed by atoms with E-state index in [-0.39, 0.29) is 17.5 Å². The highest BCUT2D eigenvalue weighted by atomic mass is 35.5. The number of nitrogens with one attached hydrogen (secondary N) is 1. The molecule has 0 spiro atoms. The molecule has 0 aliphatic carbocycles. The number of halogens is 1. The molecule has 29 heavy (non-hydrogen) atoms. The first kappa shape index (κ1) is 19.5. The monoisotopic (exact) mass is 430 g/mol. The third-order valence-corrected chi connectivity index (χ3v) is 6.84. The number of sulfonamides is 1. The van der Waals surface area contributed by atoms with Gasteiger partial charge in [-0.3, -0.25) is 9.10 Å². The van der Waals surface area contributed by atoms with E-state index >= 15 is 0 Å². The van der Waals surface area contributed by atoms with Gasteiger partial charge in [-0.2, -0.15) is 8.42 Å². The van der Waals surface area contributed by atoms with Crippen molar-refractivity contribution >= 4 is 33.2 Å². The minimum atomic E-state index is -3.78. The number of rotatable bonds is 6. The number of para-hydroxylation sites is 1. The molecule has 4 rings (SSSR count). The highest BCUT2D eigenvalue weighted by molar-refractivity contribution is 7.92. The summed E-state index contributed by atoms with van der Waals surface area (Å²) in [4.78, 5) is 16.2. The molecule has 7 nitrogen and oxygen atoms in total. The lowest BCUT2D eigenvalue weighted by Gasteiger charge is -2.17. The predicted molar refractivity (Wildman–Crippen MR) is 110 cm³/mol. The molecule has 0 atom stereocenters. The largest absolute Gasteiger partial charge is 0.350 e. The Morgan fingerprint density at radius 3 is 2.72 bits per heavy atom. The average Bonchev–Trinajstić information content (AvgIpc) is 3.35. The number of nitrogens with zero attached hydrogens (tertiary/aromatic N) is 3. The zero-order chi connectivity index (χ0) is 20.4. The Kier molecular flexibility index (Phi) is 5.29. The van der Waals surface area contributed by atoms with Crippen molar-refractivity contribution in [2.24, 2.45) is 0 Å². The molecule has 3 aromatic rings. The number of aromatic nitrogens is 2. The number of amides is 1. The van der Waals surface area contributed by atoms with Crippen LogP contribution in [0.15, 0.2) is 66.1 Å². The van der Waals surface area contributed by atoms with Crippen LogP contribution in [0.2, 0.25) is 5.02 Å². The van der Waals surface area contributed by atoms with Gasteiger partial charge in [-0.1, -0.05) is 48.0 Å². The fraction of sp³-hybridized carbons (Fsp3) is 0.200. The van der Waals surface area contributed by atoms with Gasteiger partial charge in [0, 0.05) is 24.3 Å². The van der Waals surface area contributed by atoms with Crippen LogP contribution < -0.4 is 9.62 Å². The van der Waals surface area contributed by atoms with Crippen LogP contribution in [0.5, 0.6) is 0 Å². The molecule has 0 radical (unpaired) electrons. The highest BCUT2D eigenvalue weighted by Crippen LogP contribution is 2.32. The van der Waals surface area contributed by atoms with Gasteiger partial charge in [-0.15, -0.1) is 0 Å². The molecule has 1 N–H and O–H groups in total. The topological polar surface area (TPSA) is 84.3 Å². The van der Waals surface area contributed by atoms with E-state index in [1.54, 1.807) is 12.1 Å². The van der Waals surface area contributed by atoms with Crippen LogP contribution in [0.1, 0.15) is 11.1 Å². The van der Waals surface area contributed by atoms with Crippen LogP contribution in [0.3, 0.4) is 0 Å². The third kappa shape index (κ3) is 3.99. The fourth-order valence-corrected chi connectivity index (χ4v) is 4.93. The normalized spacial score (nSPS) is 13.3. The van der Waals surface area contributed by atoms with Crippen molar-refractivity contribution < 1.29 is 13.2 Å². The van der Waals surface area contributed by atoms with Crippen LogP contribution in [0, 0.1) is 0 Å². The second-order valence-corrected chi connectivity index (χ2v) is 8.92. The van der Waals surface area contributed by atoms with Crippen molar-refractivity contribution in [1.29, 1.82) is 0 Å². The van der Waals surface area contributed by atoms with E-state index in [0.29, 0.717) is 30.2 Å². The summed E-state index contributed by atoms with van der Waals surface area (Å²) in [7, 11) is -3.78. The Morgan fingerprint density at radius 2 is 1.90 bits per heavy atom. The van der Waals surface area contributed by atoms with Gasteiger partial charge in [-0.05, 0) is 29.7 Å². The van der Waals surface area contributed by atoms with E-state index < -0.39 is 10.0 Å². The summed E-state index contributed by atoms with van der Waals surface area (Å²) in [5.74, 6) is -0.266. The van der Waals surface area contributed by atoms with E-state index in [9.17, 15) is 13.2 Å². The van der Waals surface area contributed by atoms with Gasteiger partial charge < -0.3 is 9.88 Å². The molecule has 1 amide bonds. The van der Waals surface area contributed by atoms with E-state index in [1.165, 1.54) is 21.4 Å². The van der Waals surface area contributed by atoms with Gasteiger partial charge in [0.25, 0.3) is 10.0 Å². The molecule has 0 saturated heterocycles. The van der Waals surface area contributed by atoms with Crippen molar-refractivity contribution in [3.63, 3.8) is 0 Å². The molecule has 0 fully saturated rings. The van der Waals surface area contributed by atoms with Crippen LogP contribution >= 0.6 is 11.6 Å². The van der Waals surface area contributed by atoms with Gasteiger partial charge >= 0.3 is 0 Å². The number of hydrogen-bond acceptors (Lipinski definition) is 4. The Balaban J connectivity index is 1.43. The van der Waals surface area contributed by atoms with E-state index in [1.807, 2.05) is 36.4 Å². The van der Waals surface area contributed by atoms with Gasteiger partial charge in [0.05, 0.1) is 12.0 Å². The van der Waals surface area contributed by atoms with Crippen molar-refractivity contribution in [3.8, 4) is 0 Å². The zero-order valence-corrected chi connectivity index (χ0v) is 17.0. The third-order valence-electron chi connectivity index (χ3n) is 4.77. The number of anilines is 1. The van der Waals surface area contributed by atoms with Crippen molar-refractivity contribution in [2.75, 3.05) is 10.8 Å². The zero-order valence-electron chi connectivity index (χ0n) is 15.5. The highest BCUT2D eigenvalue weighted by Gasteiger charge is 2.32. The maximum Gasteiger partial charge on any atom is 0.283 e. The lowest BCUT2D eigenvalue weighted by molar-refractivity contribution is -0.121. The lowest BCUT2D eigenvalue weighted by Crippen LogP contribution is -2.29. The van der Waals surface area contributed by atoms with Gasteiger partial charge in [-0.25, -0.2) is 4.98 Å². The van der Waals surface area contributed by atoms with E-state index in [2.05, 4.69) is 10.3 Å². The molecule has 1 aliphatic heterocycles. The summed E-state index contributed by atoms with van der Waals surface area (Å²) in [5, 5.41) is 3.28. The molecular formula is C20H19ClN4O3S. The maximum absolute atomic E-state index is 13.0. The van der Waals surface area contributed by atoms with Gasteiger partial charge in [0.1, 0.15) is 6.54 Å². The number of carbonyl (C=O) groups is 1. The molecular weight excluding hydrogens is 412 g/mol. The molecule has 0 saturated carbocycles. The second-order valence-electron chi connectivity index (χ2n) is 6.71. The fourth-order valence-electron chi connectivity index (χ4n) is 3.29. The molecule has 1 aromatic heterocycles. The summed E-state index contributed by atoms with van der Waals surface area (Å²) in [6.07, 6.45) is 3.40. The van der Waals surface area contributed by atoms with Gasteiger partial charge in [0.15, 0.2) is 5.03 Å². The number of carbonyl (C=O) groups excluding carboxylic acids is 1. The second kappa shape index (κ2) is 7.88. The van der Waals surface area contributed by atoms with Crippen molar-refractivity contribution in [1.82, 2.24) is 14.9 Å². The number of imidazole rings is 1. The number of benzene rings is 2. The Morgan fingerprint density at radius 1 is 1.14 bits per heavy atom. The Hall–Kier alpha value is -2.84. The van der Waals surface area contributed by atoms with Crippen LogP contribution in [-0.2, 0) is 34.3 Å². The number of hydrogen-bond donors (Lipinski definition) is 1. The summed E-state index contributed by atoms with van der Waals surface area (Å²) in [5.41, 5.74) is 2.48. The molecule has 1 aliphatic rings. The first-order valence-electron chi connectivity index (χ1n) is 9.07. The molecule has 150 valence electrons. The van der Waals surface area contributed by atoms with Crippen LogP contribution in [0.25, 0.3) is 0 Å². The van der Waals surface area contributed by atoms with Crippen molar-refractivity contribution in [2.45, 2.75) is 24.5 Å². The standard InChI is InChI=1S/C20H19ClN4O3S/c21-17-7-3-1-6-16(17)11-22-19(26)12-24-13-20(23-14-24)29(27,28)25-10-9-15-5-2-4-8-18(15)25/h1-8,13-14H,9-12H2,(H,22,26). The summed E-state index contributed by atoms with van der Waals surface area (Å²) < 4.78 is 28.8. The lowest BCUT2D eigenvalue weighted by atomic mass is 10.2. The molecule has 2 aromatic carbocycles. The summed E-state index contributed by atoms with van der Waals surface area (Å²) in [6.45, 7) is 0.638. The maximum atomic E-state index is 13.0. The molecule has 2 heterocycles. The SMILES string of the molecule is O=C(Cn1cnc(S(=O)(=O)N2CCc3ccccc32)c1)NCc1ccccc1Cl. The summed E-state index contributed by atoms with van der Waals surface area (Å²) >= 11 is 6.08. The van der Waals surface area contributed by atoms with Gasteiger partial charge in [0.2, 0.25) is 5.91 Å². The van der Waals surface area contributed by atoms with Crippen LogP contribution in [-0.4, -0.2) is 30.4 Å².